The summed E-state index contributed by atoms with van der Waals surface area (Å²) < 4.78 is 11.9. The van der Waals surface area contributed by atoms with Crippen LogP contribution in [0.5, 0.6) is 0 Å². The van der Waals surface area contributed by atoms with Crippen molar-refractivity contribution in [2.24, 2.45) is 0 Å². The maximum atomic E-state index is 12.6. The minimum atomic E-state index is -1.86. The molecule has 0 fully saturated rings. The minimum absolute atomic E-state index is 0.0178. The second-order valence-corrected chi connectivity index (χ2v) is 15.1. The molecule has 0 saturated heterocycles. The van der Waals surface area contributed by atoms with Crippen molar-refractivity contribution >= 4 is 14.3 Å². The first-order chi connectivity index (χ1) is 15.5. The third-order valence-electron chi connectivity index (χ3n) is 6.88. The van der Waals surface area contributed by atoms with Crippen molar-refractivity contribution in [1.29, 1.82) is 0 Å². The van der Waals surface area contributed by atoms with Gasteiger partial charge in [0.25, 0.3) is 0 Å². The molecule has 0 heterocycles. The first-order valence-electron chi connectivity index (χ1n) is 12.2. The lowest BCUT2D eigenvalue weighted by Crippen LogP contribution is -2.43. The van der Waals surface area contributed by atoms with E-state index in [1.807, 2.05) is 19.1 Å². The highest BCUT2D eigenvalue weighted by atomic mass is 28.4. The van der Waals surface area contributed by atoms with E-state index in [2.05, 4.69) is 94.2 Å². The molecular weight excluding hydrogens is 426 g/mol. The number of carbonyl (C=O) groups is 1. The predicted octanol–water partition coefficient (Wildman–Crippen LogP) is 6.98. The summed E-state index contributed by atoms with van der Waals surface area (Å²) in [6.45, 7) is 17.2. The van der Waals surface area contributed by atoms with Gasteiger partial charge in [0.15, 0.2) is 8.32 Å². The molecule has 0 aliphatic rings. The summed E-state index contributed by atoms with van der Waals surface area (Å²) in [4.78, 5) is 15.0. The van der Waals surface area contributed by atoms with E-state index in [9.17, 15) is 4.79 Å². The van der Waals surface area contributed by atoms with Crippen molar-refractivity contribution in [3.63, 3.8) is 0 Å². The Morgan fingerprint density at radius 2 is 1.58 bits per heavy atom. The van der Waals surface area contributed by atoms with E-state index in [1.54, 1.807) is 0 Å². The number of benzene rings is 2. The number of esters is 1. The second kappa shape index (κ2) is 12.5. The first kappa shape index (κ1) is 27.3. The molecular formula is C28H43NO3Si. The molecule has 0 radical (unpaired) electrons. The van der Waals surface area contributed by atoms with E-state index in [0.717, 1.165) is 13.0 Å². The number of ether oxygens (including phenoxy) is 1. The molecule has 0 aliphatic carbocycles. The molecule has 0 bridgehead atoms. The average Bonchev–Trinajstić information content (AvgIpc) is 2.77. The molecule has 0 spiro atoms. The smallest absolute Gasteiger partial charge is 0.307 e. The van der Waals surface area contributed by atoms with Gasteiger partial charge in [-0.25, -0.2) is 0 Å². The van der Waals surface area contributed by atoms with Crippen molar-refractivity contribution in [3.05, 3.63) is 71.8 Å². The molecule has 2 aromatic carbocycles. The standard InChI is InChI=1S/C28H43NO3Si/c1-8-31-27(30)21-26(19-20-32-33(6,7)28(3,4)5)29(22-24-15-11-9-12-16-24)23(2)25-17-13-10-14-18-25/h9-18,23,26H,8,19-22H2,1-7H3/t23-,26?/m0/s1. The Morgan fingerprint density at radius 3 is 2.12 bits per heavy atom. The largest absolute Gasteiger partial charge is 0.466 e. The Kier molecular flexibility index (Phi) is 10.3. The van der Waals surface area contributed by atoms with Crippen LogP contribution >= 0.6 is 0 Å². The second-order valence-electron chi connectivity index (χ2n) is 10.3. The Morgan fingerprint density at radius 1 is 1.00 bits per heavy atom. The molecule has 0 saturated carbocycles. The van der Waals surface area contributed by atoms with E-state index >= 15 is 0 Å². The molecule has 2 aromatic rings. The maximum Gasteiger partial charge on any atom is 0.307 e. The highest BCUT2D eigenvalue weighted by Gasteiger charge is 2.37. The van der Waals surface area contributed by atoms with E-state index < -0.39 is 8.32 Å². The van der Waals surface area contributed by atoms with Gasteiger partial charge in [0.1, 0.15) is 0 Å². The molecule has 5 heteroatoms. The maximum absolute atomic E-state index is 12.6. The van der Waals surface area contributed by atoms with Crippen LogP contribution in [0.4, 0.5) is 0 Å². The monoisotopic (exact) mass is 469 g/mol. The van der Waals surface area contributed by atoms with Crippen molar-refractivity contribution in [3.8, 4) is 0 Å². The van der Waals surface area contributed by atoms with Crippen LogP contribution in [0.1, 0.15) is 64.6 Å². The van der Waals surface area contributed by atoms with Gasteiger partial charge in [-0.2, -0.15) is 0 Å². The third kappa shape index (κ3) is 8.40. The van der Waals surface area contributed by atoms with E-state index in [1.165, 1.54) is 11.1 Å². The molecule has 0 N–H and O–H groups in total. The van der Waals surface area contributed by atoms with Gasteiger partial charge >= 0.3 is 5.97 Å². The quantitative estimate of drug-likeness (QED) is 0.248. The fourth-order valence-corrected chi connectivity index (χ4v) is 4.82. The highest BCUT2D eigenvalue weighted by molar-refractivity contribution is 6.74. The average molecular weight is 470 g/mol. The van der Waals surface area contributed by atoms with Gasteiger partial charge in [-0.1, -0.05) is 81.4 Å². The minimum Gasteiger partial charge on any atom is -0.466 e. The zero-order valence-corrected chi connectivity index (χ0v) is 22.6. The summed E-state index contributed by atoms with van der Waals surface area (Å²) in [5, 5.41) is 0.157. The van der Waals surface area contributed by atoms with Gasteiger partial charge in [0.2, 0.25) is 0 Å². The van der Waals surface area contributed by atoms with Crippen molar-refractivity contribution in [2.45, 2.75) is 84.2 Å². The number of nitrogens with zero attached hydrogens (tertiary/aromatic N) is 1. The normalized spacial score (nSPS) is 14.2. The fourth-order valence-electron chi connectivity index (χ4n) is 3.76. The predicted molar refractivity (Wildman–Crippen MR) is 140 cm³/mol. The fraction of sp³-hybridized carbons (Fsp3) is 0.536. The van der Waals surface area contributed by atoms with Crippen LogP contribution in [-0.2, 0) is 20.5 Å². The number of hydrogen-bond donors (Lipinski definition) is 0. The Labute approximate surface area is 202 Å². The van der Waals surface area contributed by atoms with Gasteiger partial charge in [0, 0.05) is 25.2 Å². The van der Waals surface area contributed by atoms with Gasteiger partial charge < -0.3 is 9.16 Å². The van der Waals surface area contributed by atoms with Crippen LogP contribution in [-0.4, -0.2) is 38.4 Å². The SMILES string of the molecule is CCOC(=O)CC(CCO[Si](C)(C)C(C)(C)C)N(Cc1ccccc1)[C@@H](C)c1ccccc1. The van der Waals surface area contributed by atoms with Crippen LogP contribution in [0.15, 0.2) is 60.7 Å². The van der Waals surface area contributed by atoms with Gasteiger partial charge in [0.05, 0.1) is 13.0 Å². The van der Waals surface area contributed by atoms with Gasteiger partial charge in [-0.3, -0.25) is 9.69 Å². The molecule has 4 nitrogen and oxygen atoms in total. The van der Waals surface area contributed by atoms with Crippen molar-refractivity contribution < 1.29 is 14.0 Å². The van der Waals surface area contributed by atoms with Crippen molar-refractivity contribution in [1.82, 2.24) is 4.90 Å². The highest BCUT2D eigenvalue weighted by Crippen LogP contribution is 2.37. The van der Waals surface area contributed by atoms with Gasteiger partial charge in [-0.15, -0.1) is 0 Å². The summed E-state index contributed by atoms with van der Waals surface area (Å²) in [6, 6.07) is 21.2. The molecule has 33 heavy (non-hydrogen) atoms. The molecule has 0 amide bonds. The number of carbonyl (C=O) groups excluding carboxylic acids is 1. The van der Waals surface area contributed by atoms with Crippen molar-refractivity contribution in [2.75, 3.05) is 13.2 Å². The lowest BCUT2D eigenvalue weighted by molar-refractivity contribution is -0.145. The Balaban J connectivity index is 2.30. The molecule has 0 aromatic heterocycles. The Hall–Kier alpha value is -1.95. The topological polar surface area (TPSA) is 38.8 Å². The van der Waals surface area contributed by atoms with Gasteiger partial charge in [-0.05, 0) is 49.5 Å². The number of hydrogen-bond acceptors (Lipinski definition) is 4. The summed E-state index contributed by atoms with van der Waals surface area (Å²) in [5.41, 5.74) is 2.48. The zero-order valence-electron chi connectivity index (χ0n) is 21.6. The van der Waals surface area contributed by atoms with Crippen LogP contribution in [0.25, 0.3) is 0 Å². The summed E-state index contributed by atoms with van der Waals surface area (Å²) in [7, 11) is -1.86. The van der Waals surface area contributed by atoms with Crippen LogP contribution in [0.2, 0.25) is 18.1 Å². The van der Waals surface area contributed by atoms with E-state index in [0.29, 0.717) is 19.6 Å². The molecule has 1 unspecified atom stereocenters. The van der Waals surface area contributed by atoms with E-state index in [4.69, 9.17) is 9.16 Å². The lowest BCUT2D eigenvalue weighted by atomic mass is 10.00. The zero-order chi connectivity index (χ0) is 24.5. The summed E-state index contributed by atoms with van der Waals surface area (Å²) >= 11 is 0. The molecule has 2 rings (SSSR count). The van der Waals surface area contributed by atoms with Crippen LogP contribution < -0.4 is 0 Å². The van der Waals surface area contributed by atoms with Crippen LogP contribution in [0, 0.1) is 0 Å². The molecule has 0 aliphatic heterocycles. The first-order valence-corrected chi connectivity index (χ1v) is 15.1. The molecule has 182 valence electrons. The lowest BCUT2D eigenvalue weighted by Gasteiger charge is -2.39. The molecule has 2 atom stereocenters. The third-order valence-corrected chi connectivity index (χ3v) is 11.4. The summed E-state index contributed by atoms with van der Waals surface area (Å²) in [5.74, 6) is -0.145. The van der Waals surface area contributed by atoms with E-state index in [-0.39, 0.29) is 23.1 Å². The number of rotatable bonds is 12. The Bertz CT molecular complexity index is 833. The summed E-state index contributed by atoms with van der Waals surface area (Å²) in [6.07, 6.45) is 1.15. The van der Waals surface area contributed by atoms with Crippen LogP contribution in [0.3, 0.4) is 0 Å².